The van der Waals surface area contributed by atoms with Gasteiger partial charge in [0.15, 0.2) is 0 Å². The molecule has 282 valence electrons. The lowest BCUT2D eigenvalue weighted by Gasteiger charge is -2.51. The number of aliphatic carboxylic acids is 1. The van der Waals surface area contributed by atoms with Crippen LogP contribution in [0.2, 0.25) is 0 Å². The summed E-state index contributed by atoms with van der Waals surface area (Å²) in [6, 6.07) is 12.7. The molecule has 0 aliphatic carbocycles. The van der Waals surface area contributed by atoms with Gasteiger partial charge >= 0.3 is 18.3 Å². The van der Waals surface area contributed by atoms with Gasteiger partial charge in [0.1, 0.15) is 5.75 Å². The first-order chi connectivity index (χ1) is 25.1. The van der Waals surface area contributed by atoms with Crippen LogP contribution in [0.15, 0.2) is 67.0 Å². The smallest absolute Gasteiger partial charge is 0.417 e. The SMILES string of the molecule is CCC[C@H]1N(C(=O)c2cnccc2C(F)(F)F)CCC[C@@]1(Oc1ccc(C(F)(F)F)cc1)C(=O)N1CCC(C#N)(c2ccccc2CCC(=O)O)CC1. The summed E-state index contributed by atoms with van der Waals surface area (Å²) < 4.78 is 88.9. The molecule has 53 heavy (non-hydrogen) atoms. The lowest BCUT2D eigenvalue weighted by atomic mass is 9.71. The molecule has 2 fully saturated rings. The van der Waals surface area contributed by atoms with Gasteiger partial charge in [-0.05, 0) is 73.6 Å². The van der Waals surface area contributed by atoms with Crippen LogP contribution in [0.5, 0.6) is 5.75 Å². The lowest BCUT2D eigenvalue weighted by Crippen LogP contribution is -2.68. The number of aryl methyl sites for hydroxylation is 1. The first-order valence-electron chi connectivity index (χ1n) is 17.3. The van der Waals surface area contributed by atoms with Crippen molar-refractivity contribution in [2.75, 3.05) is 19.6 Å². The number of likely N-dealkylation sites (tertiary alicyclic amines) is 2. The van der Waals surface area contributed by atoms with Gasteiger partial charge in [-0.25, -0.2) is 0 Å². The van der Waals surface area contributed by atoms with E-state index in [-0.39, 0.29) is 70.3 Å². The molecule has 0 spiro atoms. The van der Waals surface area contributed by atoms with Crippen molar-refractivity contribution in [2.45, 2.75) is 87.7 Å². The Morgan fingerprint density at radius 1 is 0.962 bits per heavy atom. The number of ether oxygens (including phenoxy) is 1. The van der Waals surface area contributed by atoms with Crippen molar-refractivity contribution >= 4 is 17.8 Å². The number of rotatable bonds is 10. The number of piperidine rings is 2. The second-order valence-corrected chi connectivity index (χ2v) is 13.4. The van der Waals surface area contributed by atoms with E-state index in [0.29, 0.717) is 23.6 Å². The molecule has 0 unspecified atom stereocenters. The van der Waals surface area contributed by atoms with E-state index in [1.165, 1.54) is 9.80 Å². The minimum Gasteiger partial charge on any atom is -0.481 e. The standard InChI is InChI=1S/C38H38F6N4O5/c1-2-6-31-36(53-27-12-10-26(11-13-27)37(39,40)41,16-5-20-48(31)33(51)28-23-46-19-15-30(28)38(42,43)44)34(52)47-21-17-35(24-45,18-22-47)29-8-4-3-7-25(29)9-14-32(49)50/h3-4,7-8,10-13,15,19,23,31H,2,5-6,9,14,16-18,20-22H2,1H3,(H,49,50)/t31-,36+/m1/s1. The fourth-order valence-electron chi connectivity index (χ4n) is 7.54. The fraction of sp³-hybridized carbons (Fsp3) is 0.447. The van der Waals surface area contributed by atoms with Crippen LogP contribution in [0.25, 0.3) is 0 Å². The molecule has 5 rings (SSSR count). The van der Waals surface area contributed by atoms with Gasteiger partial charge in [-0.2, -0.15) is 31.6 Å². The number of aromatic nitrogens is 1. The van der Waals surface area contributed by atoms with Crippen molar-refractivity contribution in [1.29, 1.82) is 5.26 Å². The molecule has 9 nitrogen and oxygen atoms in total. The second kappa shape index (κ2) is 15.5. The summed E-state index contributed by atoms with van der Waals surface area (Å²) in [5, 5.41) is 19.8. The van der Waals surface area contributed by atoms with Gasteiger partial charge in [0, 0.05) is 44.9 Å². The number of nitrogens with zero attached hydrogens (tertiary/aromatic N) is 4. The van der Waals surface area contributed by atoms with Crippen LogP contribution in [0.3, 0.4) is 0 Å². The van der Waals surface area contributed by atoms with Crippen molar-refractivity contribution in [2.24, 2.45) is 0 Å². The molecule has 2 atom stereocenters. The number of carboxylic acid groups (broad SMARTS) is 1. The maximum Gasteiger partial charge on any atom is 0.417 e. The number of carbonyl (C=O) groups excluding carboxylic acids is 2. The largest absolute Gasteiger partial charge is 0.481 e. The molecule has 0 saturated carbocycles. The highest BCUT2D eigenvalue weighted by Crippen LogP contribution is 2.43. The predicted molar refractivity (Wildman–Crippen MR) is 179 cm³/mol. The number of hydrogen-bond acceptors (Lipinski definition) is 6. The molecular formula is C38H38F6N4O5. The summed E-state index contributed by atoms with van der Waals surface area (Å²) in [5.74, 6) is -2.72. The molecule has 3 aromatic rings. The van der Waals surface area contributed by atoms with Crippen LogP contribution in [0, 0.1) is 11.3 Å². The topological polar surface area (TPSA) is 124 Å². The molecule has 2 aliphatic rings. The Labute approximate surface area is 302 Å². The number of nitriles is 1. The molecule has 0 radical (unpaired) electrons. The molecule has 3 heterocycles. The third-order valence-electron chi connectivity index (χ3n) is 10.1. The van der Waals surface area contributed by atoms with Gasteiger partial charge < -0.3 is 19.6 Å². The van der Waals surface area contributed by atoms with Gasteiger partial charge in [0.25, 0.3) is 11.8 Å². The normalized spacial score (nSPS) is 20.4. The zero-order valence-corrected chi connectivity index (χ0v) is 28.8. The van der Waals surface area contributed by atoms with Crippen LogP contribution in [0.1, 0.15) is 84.5 Å². The fourth-order valence-corrected chi connectivity index (χ4v) is 7.54. The molecule has 2 saturated heterocycles. The van der Waals surface area contributed by atoms with Gasteiger partial charge in [-0.3, -0.25) is 19.4 Å². The summed E-state index contributed by atoms with van der Waals surface area (Å²) in [5.41, 5.74) is -4.52. The minimum absolute atomic E-state index is 0.00160. The highest BCUT2D eigenvalue weighted by Gasteiger charge is 2.56. The Kier molecular flexibility index (Phi) is 11.4. The monoisotopic (exact) mass is 744 g/mol. The number of carbonyl (C=O) groups is 3. The van der Waals surface area contributed by atoms with E-state index in [2.05, 4.69) is 11.1 Å². The Morgan fingerprint density at radius 3 is 2.25 bits per heavy atom. The van der Waals surface area contributed by atoms with Crippen molar-refractivity contribution in [3.63, 3.8) is 0 Å². The first kappa shape index (κ1) is 39.1. The Bertz CT molecular complexity index is 1850. The summed E-state index contributed by atoms with van der Waals surface area (Å²) in [7, 11) is 0. The molecule has 2 aromatic carbocycles. The summed E-state index contributed by atoms with van der Waals surface area (Å²) >= 11 is 0. The molecule has 1 N–H and O–H groups in total. The van der Waals surface area contributed by atoms with E-state index in [9.17, 15) is 51.1 Å². The molecule has 15 heteroatoms. The molecule has 0 bridgehead atoms. The van der Waals surface area contributed by atoms with Crippen LogP contribution >= 0.6 is 0 Å². The molecule has 1 aromatic heterocycles. The summed E-state index contributed by atoms with van der Waals surface area (Å²) in [6.45, 7) is 1.81. The van der Waals surface area contributed by atoms with Gasteiger partial charge in [0.05, 0.1) is 34.2 Å². The van der Waals surface area contributed by atoms with Crippen LogP contribution in [0.4, 0.5) is 26.3 Å². The number of hydrogen-bond donors (Lipinski definition) is 1. The maximum absolute atomic E-state index is 14.9. The van der Waals surface area contributed by atoms with E-state index in [1.54, 1.807) is 31.2 Å². The first-order valence-corrected chi connectivity index (χ1v) is 17.3. The third-order valence-corrected chi connectivity index (χ3v) is 10.1. The molecular weight excluding hydrogens is 706 g/mol. The van der Waals surface area contributed by atoms with Crippen molar-refractivity contribution in [1.82, 2.24) is 14.8 Å². The van der Waals surface area contributed by atoms with E-state index < -0.39 is 63.9 Å². The molecule has 2 aliphatic heterocycles. The predicted octanol–water partition coefficient (Wildman–Crippen LogP) is 7.44. The van der Waals surface area contributed by atoms with Crippen LogP contribution < -0.4 is 4.74 Å². The van der Waals surface area contributed by atoms with Crippen molar-refractivity contribution in [3.8, 4) is 11.8 Å². The van der Waals surface area contributed by atoms with Crippen LogP contribution in [-0.2, 0) is 33.8 Å². The quantitative estimate of drug-likeness (QED) is 0.214. The third kappa shape index (κ3) is 8.11. The van der Waals surface area contributed by atoms with E-state index in [0.717, 1.165) is 36.7 Å². The Balaban J connectivity index is 1.54. The van der Waals surface area contributed by atoms with Crippen molar-refractivity contribution in [3.05, 3.63) is 94.8 Å². The number of carboxylic acids is 1. The second-order valence-electron chi connectivity index (χ2n) is 13.4. The highest BCUT2D eigenvalue weighted by atomic mass is 19.4. The maximum atomic E-state index is 14.9. The average Bonchev–Trinajstić information content (AvgIpc) is 3.14. The Morgan fingerprint density at radius 2 is 1.64 bits per heavy atom. The van der Waals surface area contributed by atoms with E-state index in [1.807, 2.05) is 0 Å². The van der Waals surface area contributed by atoms with E-state index in [4.69, 9.17) is 4.74 Å². The molecule has 2 amide bonds. The lowest BCUT2D eigenvalue weighted by molar-refractivity contribution is -0.160. The summed E-state index contributed by atoms with van der Waals surface area (Å²) in [4.78, 5) is 46.8. The zero-order valence-electron chi connectivity index (χ0n) is 28.8. The number of pyridine rings is 1. The number of benzene rings is 2. The van der Waals surface area contributed by atoms with E-state index >= 15 is 0 Å². The summed E-state index contributed by atoms with van der Waals surface area (Å²) in [6.07, 6.45) is -6.86. The van der Waals surface area contributed by atoms with Gasteiger partial charge in [0.2, 0.25) is 5.60 Å². The van der Waals surface area contributed by atoms with Crippen LogP contribution in [-0.4, -0.2) is 69.0 Å². The number of amides is 2. The van der Waals surface area contributed by atoms with Crippen molar-refractivity contribution < 1.29 is 50.6 Å². The zero-order chi connectivity index (χ0) is 38.6. The van der Waals surface area contributed by atoms with Gasteiger partial charge in [-0.1, -0.05) is 37.6 Å². The van der Waals surface area contributed by atoms with Gasteiger partial charge in [-0.15, -0.1) is 0 Å². The number of halogens is 6. The average molecular weight is 745 g/mol. The Hall–Kier alpha value is -5.13. The number of alkyl halides is 6. The minimum atomic E-state index is -4.89. The highest BCUT2D eigenvalue weighted by molar-refractivity contribution is 5.97.